The van der Waals surface area contributed by atoms with Crippen LogP contribution >= 0.6 is 11.6 Å². The Morgan fingerprint density at radius 2 is 1.78 bits per heavy atom. The van der Waals surface area contributed by atoms with Crippen molar-refractivity contribution in [2.45, 2.75) is 6.54 Å². The zero-order valence-electron chi connectivity index (χ0n) is 14.2. The number of halogens is 1. The van der Waals surface area contributed by atoms with Crippen molar-refractivity contribution in [2.75, 3.05) is 5.32 Å². The van der Waals surface area contributed by atoms with E-state index in [1.807, 2.05) is 36.4 Å². The van der Waals surface area contributed by atoms with Crippen LogP contribution in [0, 0.1) is 0 Å². The van der Waals surface area contributed by atoms with Crippen molar-refractivity contribution in [3.8, 4) is 5.69 Å². The summed E-state index contributed by atoms with van der Waals surface area (Å²) < 4.78 is 3.35. The van der Waals surface area contributed by atoms with E-state index in [9.17, 15) is 4.79 Å². The molecule has 0 unspecified atom stereocenters. The smallest absolute Gasteiger partial charge is 0.256 e. The number of amides is 1. The summed E-state index contributed by atoms with van der Waals surface area (Å²) in [5, 5.41) is 11.9. The first-order chi connectivity index (χ1) is 13.2. The van der Waals surface area contributed by atoms with E-state index in [1.165, 1.54) is 6.33 Å². The van der Waals surface area contributed by atoms with Gasteiger partial charge in [0.05, 0.1) is 18.4 Å². The molecule has 0 bridgehead atoms. The van der Waals surface area contributed by atoms with Gasteiger partial charge in [-0.1, -0.05) is 23.7 Å². The summed E-state index contributed by atoms with van der Waals surface area (Å²) in [6.07, 6.45) is 4.71. The Labute approximate surface area is 160 Å². The van der Waals surface area contributed by atoms with E-state index in [4.69, 9.17) is 11.6 Å². The predicted octanol–water partition coefficient (Wildman–Crippen LogP) is 3.42. The van der Waals surface area contributed by atoms with Gasteiger partial charge in [-0.25, -0.2) is 14.3 Å². The summed E-state index contributed by atoms with van der Waals surface area (Å²) in [5.41, 5.74) is 2.41. The number of hydrogen-bond donors (Lipinski definition) is 1. The molecule has 1 N–H and O–H groups in total. The van der Waals surface area contributed by atoms with Crippen LogP contribution in [-0.2, 0) is 6.54 Å². The Balaban J connectivity index is 1.47. The van der Waals surface area contributed by atoms with Crippen LogP contribution < -0.4 is 5.32 Å². The molecular weight excluding hydrogens is 364 g/mol. The Kier molecular flexibility index (Phi) is 4.67. The maximum Gasteiger partial charge on any atom is 0.256 e. The van der Waals surface area contributed by atoms with Gasteiger partial charge in [-0.15, -0.1) is 0 Å². The van der Waals surface area contributed by atoms with Crippen molar-refractivity contribution >= 4 is 23.3 Å². The maximum absolute atomic E-state index is 12.6. The molecule has 8 heteroatoms. The molecule has 27 heavy (non-hydrogen) atoms. The SMILES string of the molecule is O=C(Nc1ccnn1Cc1ccc(Cl)cc1)c1ccc(-n2cncn2)cc1. The number of hydrogen-bond acceptors (Lipinski definition) is 4. The average molecular weight is 379 g/mol. The molecule has 1 amide bonds. The Hall–Kier alpha value is -3.45. The first kappa shape index (κ1) is 17.0. The number of nitrogens with zero attached hydrogens (tertiary/aromatic N) is 5. The van der Waals surface area contributed by atoms with Crippen molar-refractivity contribution < 1.29 is 4.79 Å². The van der Waals surface area contributed by atoms with Crippen LogP contribution in [0.3, 0.4) is 0 Å². The van der Waals surface area contributed by atoms with Crippen LogP contribution in [0.25, 0.3) is 5.69 Å². The fourth-order valence-electron chi connectivity index (χ4n) is 2.62. The molecule has 0 aliphatic rings. The lowest BCUT2D eigenvalue weighted by atomic mass is 10.2. The molecule has 0 aliphatic carbocycles. The van der Waals surface area contributed by atoms with Gasteiger partial charge in [0.2, 0.25) is 0 Å². The van der Waals surface area contributed by atoms with Crippen LogP contribution in [0.15, 0.2) is 73.4 Å². The maximum atomic E-state index is 12.6. The van der Waals surface area contributed by atoms with Gasteiger partial charge < -0.3 is 5.32 Å². The van der Waals surface area contributed by atoms with Gasteiger partial charge in [0.1, 0.15) is 18.5 Å². The molecule has 4 aromatic rings. The first-order valence-corrected chi connectivity index (χ1v) is 8.59. The molecular formula is C19H15ClN6O. The van der Waals surface area contributed by atoms with Gasteiger partial charge in [0, 0.05) is 16.7 Å². The Morgan fingerprint density at radius 3 is 2.48 bits per heavy atom. The number of carbonyl (C=O) groups is 1. The zero-order valence-corrected chi connectivity index (χ0v) is 14.9. The normalized spacial score (nSPS) is 10.7. The van der Waals surface area contributed by atoms with Gasteiger partial charge in [-0.2, -0.15) is 10.2 Å². The molecule has 0 spiro atoms. The predicted molar refractivity (Wildman–Crippen MR) is 102 cm³/mol. The van der Waals surface area contributed by atoms with Gasteiger partial charge in [0.15, 0.2) is 0 Å². The summed E-state index contributed by atoms with van der Waals surface area (Å²) in [4.78, 5) is 16.5. The molecule has 4 rings (SSSR count). The van der Waals surface area contributed by atoms with Gasteiger partial charge in [-0.3, -0.25) is 4.79 Å². The van der Waals surface area contributed by atoms with Gasteiger partial charge >= 0.3 is 0 Å². The fourth-order valence-corrected chi connectivity index (χ4v) is 2.75. The molecule has 0 saturated carbocycles. The molecule has 0 aliphatic heterocycles. The quantitative estimate of drug-likeness (QED) is 0.577. The monoisotopic (exact) mass is 378 g/mol. The van der Waals surface area contributed by atoms with Crippen LogP contribution in [0.5, 0.6) is 0 Å². The number of carbonyl (C=O) groups excluding carboxylic acids is 1. The Morgan fingerprint density at radius 1 is 1.00 bits per heavy atom. The van der Waals surface area contributed by atoms with Crippen LogP contribution in [-0.4, -0.2) is 30.5 Å². The van der Waals surface area contributed by atoms with E-state index in [0.717, 1.165) is 11.3 Å². The fraction of sp³-hybridized carbons (Fsp3) is 0.0526. The standard InChI is InChI=1S/C19H15ClN6O/c20-16-5-1-14(2-6-16)11-25-18(9-10-22-25)24-19(27)15-3-7-17(8-4-15)26-13-21-12-23-26/h1-10,12-13H,11H2,(H,24,27). The highest BCUT2D eigenvalue weighted by molar-refractivity contribution is 6.30. The molecule has 0 fully saturated rings. The lowest BCUT2D eigenvalue weighted by Crippen LogP contribution is -2.16. The second-order valence-corrected chi connectivity index (χ2v) is 6.28. The molecule has 2 aromatic carbocycles. The van der Waals surface area contributed by atoms with Crippen LogP contribution in [0.1, 0.15) is 15.9 Å². The zero-order chi connectivity index (χ0) is 18.6. The Bertz CT molecular complexity index is 1040. The van der Waals surface area contributed by atoms with Gasteiger partial charge in [0.25, 0.3) is 5.91 Å². The van der Waals surface area contributed by atoms with Crippen molar-refractivity contribution in [1.82, 2.24) is 24.5 Å². The van der Waals surface area contributed by atoms with E-state index >= 15 is 0 Å². The number of rotatable bonds is 5. The summed E-state index contributed by atoms with van der Waals surface area (Å²) in [6.45, 7) is 0.533. The second kappa shape index (κ2) is 7.43. The van der Waals surface area contributed by atoms with Crippen molar-refractivity contribution in [1.29, 1.82) is 0 Å². The highest BCUT2D eigenvalue weighted by atomic mass is 35.5. The third kappa shape index (κ3) is 3.88. The van der Waals surface area contributed by atoms with E-state index in [1.54, 1.807) is 40.1 Å². The first-order valence-electron chi connectivity index (χ1n) is 8.22. The molecule has 0 atom stereocenters. The average Bonchev–Trinajstić information content (AvgIpc) is 3.36. The summed E-state index contributed by atoms with van der Waals surface area (Å²) >= 11 is 5.92. The number of anilines is 1. The second-order valence-electron chi connectivity index (χ2n) is 5.84. The lowest BCUT2D eigenvalue weighted by molar-refractivity contribution is 0.102. The molecule has 0 saturated heterocycles. The van der Waals surface area contributed by atoms with E-state index in [-0.39, 0.29) is 5.91 Å². The third-order valence-corrected chi connectivity index (χ3v) is 4.27. The topological polar surface area (TPSA) is 77.6 Å². The minimum Gasteiger partial charge on any atom is -0.307 e. The highest BCUT2D eigenvalue weighted by Crippen LogP contribution is 2.15. The summed E-state index contributed by atoms with van der Waals surface area (Å²) in [5.74, 6) is 0.410. The third-order valence-electron chi connectivity index (χ3n) is 4.02. The molecule has 134 valence electrons. The number of benzene rings is 2. The van der Waals surface area contributed by atoms with Gasteiger partial charge in [-0.05, 0) is 42.0 Å². The minimum absolute atomic E-state index is 0.210. The molecule has 0 radical (unpaired) electrons. The largest absolute Gasteiger partial charge is 0.307 e. The highest BCUT2D eigenvalue weighted by Gasteiger charge is 2.10. The number of aromatic nitrogens is 5. The van der Waals surface area contributed by atoms with Crippen LogP contribution in [0.4, 0.5) is 5.82 Å². The molecule has 2 aromatic heterocycles. The summed E-state index contributed by atoms with van der Waals surface area (Å²) in [7, 11) is 0. The lowest BCUT2D eigenvalue weighted by Gasteiger charge is -2.10. The minimum atomic E-state index is -0.210. The number of nitrogens with one attached hydrogen (secondary N) is 1. The summed E-state index contributed by atoms with van der Waals surface area (Å²) in [6, 6.07) is 16.4. The molecule has 2 heterocycles. The van der Waals surface area contributed by atoms with E-state index < -0.39 is 0 Å². The van der Waals surface area contributed by atoms with Crippen LogP contribution in [0.2, 0.25) is 5.02 Å². The molecule has 7 nitrogen and oxygen atoms in total. The van der Waals surface area contributed by atoms with Crippen molar-refractivity contribution in [2.24, 2.45) is 0 Å². The van der Waals surface area contributed by atoms with E-state index in [0.29, 0.717) is 22.9 Å². The van der Waals surface area contributed by atoms with Crippen molar-refractivity contribution in [3.05, 3.63) is 89.6 Å². The van der Waals surface area contributed by atoms with Crippen molar-refractivity contribution in [3.63, 3.8) is 0 Å². The van der Waals surface area contributed by atoms with E-state index in [2.05, 4.69) is 20.5 Å².